The van der Waals surface area contributed by atoms with Crippen LogP contribution in [0.15, 0.2) is 0 Å². The molecule has 1 rings (SSSR count). The molecule has 1 saturated heterocycles. The number of nitrogens with one attached hydrogen (secondary N) is 2. The third-order valence-corrected chi connectivity index (χ3v) is 4.14. The van der Waals surface area contributed by atoms with E-state index in [2.05, 4.69) is 17.6 Å². The van der Waals surface area contributed by atoms with E-state index in [1.54, 1.807) is 11.8 Å². The Labute approximate surface area is 96.8 Å². The van der Waals surface area contributed by atoms with Crippen LogP contribution in [0.25, 0.3) is 0 Å². The molecule has 4 heteroatoms. The smallest absolute Gasteiger partial charge is 0.232 e. The van der Waals surface area contributed by atoms with Crippen LogP contribution in [-0.2, 0) is 4.79 Å². The van der Waals surface area contributed by atoms with Gasteiger partial charge in [0.1, 0.15) is 0 Å². The fourth-order valence-electron chi connectivity index (χ4n) is 1.76. The minimum Gasteiger partial charge on any atom is -0.355 e. The van der Waals surface area contributed by atoms with Crippen molar-refractivity contribution in [3.63, 3.8) is 0 Å². The lowest BCUT2D eigenvalue weighted by Gasteiger charge is -2.34. The van der Waals surface area contributed by atoms with Crippen LogP contribution in [0.2, 0.25) is 0 Å². The highest BCUT2D eigenvalue weighted by atomic mass is 32.2. The number of amides is 1. The molecule has 2 N–H and O–H groups in total. The van der Waals surface area contributed by atoms with Crippen LogP contribution in [0, 0.1) is 5.41 Å². The summed E-state index contributed by atoms with van der Waals surface area (Å²) in [6, 6.07) is 0. The predicted octanol–water partition coefficient (Wildman–Crippen LogP) is 1.24. The molecule has 0 aliphatic carbocycles. The normalized spacial score (nSPS) is 22.1. The van der Waals surface area contributed by atoms with Gasteiger partial charge in [0, 0.05) is 6.54 Å². The number of hydrogen-bond donors (Lipinski definition) is 2. The summed E-state index contributed by atoms with van der Waals surface area (Å²) >= 11 is 1.59. The predicted molar refractivity (Wildman–Crippen MR) is 66.2 cm³/mol. The van der Waals surface area contributed by atoms with Gasteiger partial charge in [-0.05, 0) is 44.5 Å². The first-order valence-corrected chi connectivity index (χ1v) is 6.87. The number of hydrogen-bond acceptors (Lipinski definition) is 3. The third kappa shape index (κ3) is 4.03. The van der Waals surface area contributed by atoms with Crippen molar-refractivity contribution in [3.8, 4) is 0 Å². The molecule has 1 atom stereocenters. The molecule has 0 saturated carbocycles. The van der Waals surface area contributed by atoms with E-state index < -0.39 is 0 Å². The molecule has 1 unspecified atom stereocenters. The summed E-state index contributed by atoms with van der Waals surface area (Å²) in [5.41, 5.74) is 0.291. The van der Waals surface area contributed by atoms with E-state index in [9.17, 15) is 4.79 Å². The monoisotopic (exact) mass is 230 g/mol. The largest absolute Gasteiger partial charge is 0.355 e. The number of thioether (sulfide) groups is 1. The maximum atomic E-state index is 11.6. The Bertz CT molecular complexity index is 215. The molecule has 0 aromatic carbocycles. The maximum absolute atomic E-state index is 11.6. The van der Waals surface area contributed by atoms with Crippen molar-refractivity contribution in [2.45, 2.75) is 31.9 Å². The molecule has 88 valence electrons. The molecule has 1 fully saturated rings. The Kier molecular flexibility index (Phi) is 4.93. The lowest BCUT2D eigenvalue weighted by molar-refractivity contribution is -0.120. The number of piperidine rings is 1. The van der Waals surface area contributed by atoms with Crippen LogP contribution >= 0.6 is 11.8 Å². The SMILES string of the molecule is CSC(C)C(=O)NCC1(C)CCNCC1. The topological polar surface area (TPSA) is 41.1 Å². The van der Waals surface area contributed by atoms with E-state index in [0.29, 0.717) is 5.41 Å². The second-order valence-corrected chi connectivity index (χ2v) is 5.83. The van der Waals surface area contributed by atoms with Crippen molar-refractivity contribution >= 4 is 17.7 Å². The summed E-state index contributed by atoms with van der Waals surface area (Å²) in [5.74, 6) is 0.169. The van der Waals surface area contributed by atoms with Gasteiger partial charge in [-0.15, -0.1) is 0 Å². The Hall–Kier alpha value is -0.220. The standard InChI is InChI=1S/C11H22N2OS/c1-9(15-3)10(14)13-8-11(2)4-6-12-7-5-11/h9,12H,4-8H2,1-3H3,(H,13,14). The first kappa shape index (κ1) is 12.8. The number of carbonyl (C=O) groups is 1. The fourth-order valence-corrected chi connectivity index (χ4v) is 2.06. The molecule has 0 bridgehead atoms. The van der Waals surface area contributed by atoms with Crippen molar-refractivity contribution in [1.29, 1.82) is 0 Å². The molecule has 1 heterocycles. The van der Waals surface area contributed by atoms with Gasteiger partial charge in [-0.1, -0.05) is 6.92 Å². The maximum Gasteiger partial charge on any atom is 0.232 e. The average molecular weight is 230 g/mol. The van der Waals surface area contributed by atoms with Crippen molar-refractivity contribution in [1.82, 2.24) is 10.6 Å². The Balaban J connectivity index is 2.31. The molecule has 0 radical (unpaired) electrons. The van der Waals surface area contributed by atoms with E-state index in [-0.39, 0.29) is 11.2 Å². The Morgan fingerprint density at radius 3 is 2.67 bits per heavy atom. The van der Waals surface area contributed by atoms with Crippen LogP contribution < -0.4 is 10.6 Å². The summed E-state index contributed by atoms with van der Waals surface area (Å²) < 4.78 is 0. The van der Waals surface area contributed by atoms with E-state index in [1.807, 2.05) is 13.2 Å². The summed E-state index contributed by atoms with van der Waals surface area (Å²) in [5, 5.41) is 6.47. The second kappa shape index (κ2) is 5.75. The molecule has 1 aliphatic rings. The van der Waals surface area contributed by atoms with E-state index in [4.69, 9.17) is 0 Å². The van der Waals surface area contributed by atoms with Gasteiger partial charge in [0.25, 0.3) is 0 Å². The minimum atomic E-state index is 0.0651. The van der Waals surface area contributed by atoms with Gasteiger partial charge in [-0.3, -0.25) is 4.79 Å². The zero-order valence-electron chi connectivity index (χ0n) is 9.93. The van der Waals surface area contributed by atoms with Gasteiger partial charge < -0.3 is 10.6 Å². The Morgan fingerprint density at radius 2 is 2.13 bits per heavy atom. The van der Waals surface area contributed by atoms with Crippen molar-refractivity contribution < 1.29 is 4.79 Å². The summed E-state index contributed by atoms with van der Waals surface area (Å²) in [4.78, 5) is 11.6. The quantitative estimate of drug-likeness (QED) is 0.763. The van der Waals surface area contributed by atoms with Crippen LogP contribution in [0.5, 0.6) is 0 Å². The molecule has 0 spiro atoms. The van der Waals surface area contributed by atoms with Crippen molar-refractivity contribution in [3.05, 3.63) is 0 Å². The van der Waals surface area contributed by atoms with Gasteiger partial charge in [0.05, 0.1) is 5.25 Å². The molecular weight excluding hydrogens is 208 g/mol. The van der Waals surface area contributed by atoms with Gasteiger partial charge >= 0.3 is 0 Å². The average Bonchev–Trinajstić information content (AvgIpc) is 2.26. The van der Waals surface area contributed by atoms with Crippen LogP contribution in [-0.4, -0.2) is 37.0 Å². The molecular formula is C11H22N2OS. The second-order valence-electron chi connectivity index (χ2n) is 4.66. The molecule has 0 aromatic rings. The Morgan fingerprint density at radius 1 is 1.53 bits per heavy atom. The third-order valence-electron chi connectivity index (χ3n) is 3.22. The van der Waals surface area contributed by atoms with E-state index in [0.717, 1.165) is 32.5 Å². The summed E-state index contributed by atoms with van der Waals surface area (Å²) in [7, 11) is 0. The fraction of sp³-hybridized carbons (Fsp3) is 0.909. The lowest BCUT2D eigenvalue weighted by atomic mass is 9.81. The van der Waals surface area contributed by atoms with E-state index >= 15 is 0 Å². The number of carbonyl (C=O) groups excluding carboxylic acids is 1. The highest BCUT2D eigenvalue weighted by Gasteiger charge is 2.27. The van der Waals surface area contributed by atoms with Gasteiger partial charge in [0.15, 0.2) is 0 Å². The highest BCUT2D eigenvalue weighted by Crippen LogP contribution is 2.26. The molecule has 3 nitrogen and oxygen atoms in total. The first-order valence-electron chi connectivity index (χ1n) is 5.59. The first-order chi connectivity index (χ1) is 7.07. The van der Waals surface area contributed by atoms with Gasteiger partial charge in [0.2, 0.25) is 5.91 Å². The van der Waals surface area contributed by atoms with Crippen LogP contribution in [0.1, 0.15) is 26.7 Å². The summed E-state index contributed by atoms with van der Waals surface area (Å²) in [6.07, 6.45) is 4.28. The van der Waals surface area contributed by atoms with Crippen molar-refractivity contribution in [2.24, 2.45) is 5.41 Å². The minimum absolute atomic E-state index is 0.0651. The van der Waals surface area contributed by atoms with Crippen molar-refractivity contribution in [2.75, 3.05) is 25.9 Å². The number of rotatable bonds is 4. The molecule has 1 aliphatic heterocycles. The van der Waals surface area contributed by atoms with Gasteiger partial charge in [-0.25, -0.2) is 0 Å². The molecule has 15 heavy (non-hydrogen) atoms. The lowest BCUT2D eigenvalue weighted by Crippen LogP contribution is -2.44. The van der Waals surface area contributed by atoms with Crippen LogP contribution in [0.3, 0.4) is 0 Å². The zero-order valence-corrected chi connectivity index (χ0v) is 10.7. The molecule has 1 amide bonds. The highest BCUT2D eigenvalue weighted by molar-refractivity contribution is 7.99. The summed E-state index contributed by atoms with van der Waals surface area (Å²) in [6.45, 7) is 7.18. The van der Waals surface area contributed by atoms with Gasteiger partial charge in [-0.2, -0.15) is 11.8 Å². The zero-order chi connectivity index (χ0) is 11.3. The van der Waals surface area contributed by atoms with Crippen LogP contribution in [0.4, 0.5) is 0 Å². The van der Waals surface area contributed by atoms with E-state index in [1.165, 1.54) is 0 Å². The molecule has 0 aromatic heterocycles.